The second kappa shape index (κ2) is 11.5. The molecule has 0 radical (unpaired) electrons. The number of likely N-dealkylation sites (tertiary alicyclic amines) is 1. The Morgan fingerprint density at radius 1 is 1.09 bits per heavy atom. The van der Waals surface area contributed by atoms with Crippen LogP contribution < -0.4 is 9.64 Å². The molecule has 12 nitrogen and oxygen atoms in total. The number of carboxylic acid groups (broad SMARTS) is 1. The monoisotopic (exact) mass is 485 g/mol. The minimum absolute atomic E-state index is 0.0541. The zero-order chi connectivity index (χ0) is 23.8. The molecular formula is C20H31N5O7S. The minimum Gasteiger partial charge on any atom is -0.476 e. The van der Waals surface area contributed by atoms with Crippen molar-refractivity contribution in [3.63, 3.8) is 0 Å². The number of hydrogen-bond acceptors (Lipinski definition) is 9. The highest BCUT2D eigenvalue weighted by molar-refractivity contribution is 7.89. The van der Waals surface area contributed by atoms with Crippen molar-refractivity contribution < 1.29 is 32.6 Å². The van der Waals surface area contributed by atoms with Crippen LogP contribution in [0.15, 0.2) is 12.4 Å². The number of esters is 1. The number of aromatic nitrogens is 2. The van der Waals surface area contributed by atoms with Gasteiger partial charge in [-0.1, -0.05) is 0 Å². The van der Waals surface area contributed by atoms with Crippen molar-refractivity contribution in [2.24, 2.45) is 5.92 Å². The van der Waals surface area contributed by atoms with Gasteiger partial charge in [-0.25, -0.2) is 23.2 Å². The van der Waals surface area contributed by atoms with Crippen molar-refractivity contribution in [3.8, 4) is 5.88 Å². The molecule has 2 saturated heterocycles. The number of carbonyl (C=O) groups is 2. The van der Waals surface area contributed by atoms with Crippen LogP contribution in [0, 0.1) is 5.92 Å². The highest BCUT2D eigenvalue weighted by Gasteiger charge is 2.27. The van der Waals surface area contributed by atoms with E-state index in [-0.39, 0.29) is 24.7 Å². The van der Waals surface area contributed by atoms with Crippen LogP contribution in [0.5, 0.6) is 5.88 Å². The Morgan fingerprint density at radius 2 is 1.79 bits per heavy atom. The molecule has 3 heterocycles. The molecule has 0 atom stereocenters. The third-order valence-electron chi connectivity index (χ3n) is 5.77. The van der Waals surface area contributed by atoms with Gasteiger partial charge in [0.25, 0.3) is 0 Å². The Labute approximate surface area is 193 Å². The predicted molar refractivity (Wildman–Crippen MR) is 119 cm³/mol. The molecule has 0 unspecified atom stereocenters. The molecule has 13 heteroatoms. The summed E-state index contributed by atoms with van der Waals surface area (Å²) >= 11 is 0. The van der Waals surface area contributed by atoms with Crippen LogP contribution in [0.25, 0.3) is 0 Å². The molecule has 0 bridgehead atoms. The van der Waals surface area contributed by atoms with Crippen molar-refractivity contribution in [1.29, 1.82) is 0 Å². The Hall–Kier alpha value is -2.67. The van der Waals surface area contributed by atoms with E-state index in [0.29, 0.717) is 57.6 Å². The van der Waals surface area contributed by atoms with Gasteiger partial charge in [-0.2, -0.15) is 4.31 Å². The normalized spacial score (nSPS) is 18.2. The van der Waals surface area contributed by atoms with E-state index >= 15 is 0 Å². The van der Waals surface area contributed by atoms with Gasteiger partial charge in [-0.3, -0.25) is 4.79 Å². The first-order chi connectivity index (χ1) is 15.7. The number of carbonyl (C=O) groups excluding carboxylic acids is 1. The molecule has 2 aliphatic rings. The van der Waals surface area contributed by atoms with E-state index in [1.807, 2.05) is 4.90 Å². The molecule has 1 aromatic rings. The molecule has 1 N–H and O–H groups in total. The fourth-order valence-electron chi connectivity index (χ4n) is 3.82. The van der Waals surface area contributed by atoms with Crippen molar-refractivity contribution in [2.45, 2.75) is 26.2 Å². The fraction of sp³-hybridized carbons (Fsp3) is 0.700. The number of sulfonamides is 1. The van der Waals surface area contributed by atoms with E-state index in [0.717, 1.165) is 12.8 Å². The third-order valence-corrected chi connectivity index (χ3v) is 7.73. The lowest BCUT2D eigenvalue weighted by atomic mass is 9.98. The van der Waals surface area contributed by atoms with Crippen molar-refractivity contribution in [2.75, 3.05) is 63.1 Å². The van der Waals surface area contributed by atoms with E-state index in [4.69, 9.17) is 14.6 Å². The van der Waals surface area contributed by atoms with E-state index in [1.54, 1.807) is 12.4 Å². The summed E-state index contributed by atoms with van der Waals surface area (Å²) in [5.41, 5.74) is 0. The molecule has 2 aliphatic heterocycles. The topological polar surface area (TPSA) is 142 Å². The molecule has 2 fully saturated rings. The number of rotatable bonds is 9. The van der Waals surface area contributed by atoms with Crippen LogP contribution in [0.1, 0.15) is 26.2 Å². The summed E-state index contributed by atoms with van der Waals surface area (Å²) < 4.78 is 36.9. The number of nitrogens with zero attached hydrogens (tertiary/aromatic N) is 5. The molecule has 184 valence electrons. The van der Waals surface area contributed by atoms with Crippen molar-refractivity contribution in [1.82, 2.24) is 19.2 Å². The van der Waals surface area contributed by atoms with Crippen LogP contribution in [0.3, 0.4) is 0 Å². The summed E-state index contributed by atoms with van der Waals surface area (Å²) in [5, 5.41) is 9.01. The first-order valence-corrected chi connectivity index (χ1v) is 12.6. The lowest BCUT2D eigenvalue weighted by molar-refractivity contribution is -0.140. The van der Waals surface area contributed by atoms with Gasteiger partial charge >= 0.3 is 12.1 Å². The zero-order valence-electron chi connectivity index (χ0n) is 18.8. The molecule has 1 amide bonds. The highest BCUT2D eigenvalue weighted by atomic mass is 32.2. The van der Waals surface area contributed by atoms with Crippen LogP contribution in [-0.2, 0) is 19.6 Å². The molecule has 0 saturated carbocycles. The van der Waals surface area contributed by atoms with Crippen LogP contribution in [-0.4, -0.2) is 103 Å². The van der Waals surface area contributed by atoms with Gasteiger partial charge in [0, 0.05) is 46.2 Å². The number of anilines is 1. The van der Waals surface area contributed by atoms with Crippen molar-refractivity contribution >= 4 is 27.9 Å². The molecule has 3 rings (SSSR count). The summed E-state index contributed by atoms with van der Waals surface area (Å²) in [7, 11) is -3.40. The number of amides is 1. The average Bonchev–Trinajstić information content (AvgIpc) is 2.81. The largest absolute Gasteiger partial charge is 0.476 e. The first kappa shape index (κ1) is 25.0. The standard InChI is InChI=1S/C20H31N5O7S/c1-16(26)31-11-2-12-33(29,30)25-9-7-23(8-10-25)18-13-22-19(14-21-18)32-15-17-3-5-24(6-4-17)20(27)28/h13-14,17H,2-12,15H2,1H3,(H,27,28). The molecule has 1 aromatic heterocycles. The van der Waals surface area contributed by atoms with Crippen molar-refractivity contribution in [3.05, 3.63) is 12.4 Å². The van der Waals surface area contributed by atoms with Crippen LogP contribution in [0.2, 0.25) is 0 Å². The van der Waals surface area contributed by atoms with E-state index < -0.39 is 22.1 Å². The number of ether oxygens (including phenoxy) is 2. The molecule has 33 heavy (non-hydrogen) atoms. The van der Waals surface area contributed by atoms with Gasteiger partial charge in [0.2, 0.25) is 15.9 Å². The quantitative estimate of drug-likeness (QED) is 0.391. The number of hydrogen-bond donors (Lipinski definition) is 1. The third kappa shape index (κ3) is 7.42. The Morgan fingerprint density at radius 3 is 2.36 bits per heavy atom. The summed E-state index contributed by atoms with van der Waals surface area (Å²) in [6.07, 6.45) is 4.08. The zero-order valence-corrected chi connectivity index (χ0v) is 19.6. The first-order valence-electron chi connectivity index (χ1n) is 11.0. The van der Waals surface area contributed by atoms with E-state index in [2.05, 4.69) is 9.97 Å². The number of piperidine rings is 1. The van der Waals surface area contributed by atoms with Gasteiger partial charge in [0.15, 0.2) is 0 Å². The second-order valence-corrected chi connectivity index (χ2v) is 10.2. The summed E-state index contributed by atoms with van der Waals surface area (Å²) in [5.74, 6) is 0.879. The van der Waals surface area contributed by atoms with Crippen LogP contribution >= 0.6 is 0 Å². The van der Waals surface area contributed by atoms with Crippen LogP contribution in [0.4, 0.5) is 10.6 Å². The maximum atomic E-state index is 12.5. The minimum atomic E-state index is -3.40. The average molecular weight is 486 g/mol. The van der Waals surface area contributed by atoms with Gasteiger partial charge < -0.3 is 24.4 Å². The molecule has 0 spiro atoms. The molecule has 0 aromatic carbocycles. The van der Waals surface area contributed by atoms with Gasteiger partial charge in [-0.05, 0) is 25.2 Å². The Balaban J connectivity index is 1.40. The van der Waals surface area contributed by atoms with Gasteiger partial charge in [0.05, 0.1) is 31.4 Å². The van der Waals surface area contributed by atoms with E-state index in [1.165, 1.54) is 16.1 Å². The summed E-state index contributed by atoms with van der Waals surface area (Å²) in [6.45, 7) is 4.60. The fourth-order valence-corrected chi connectivity index (χ4v) is 5.28. The maximum absolute atomic E-state index is 12.5. The predicted octanol–water partition coefficient (Wildman–Crippen LogP) is 0.650. The summed E-state index contributed by atoms with van der Waals surface area (Å²) in [4.78, 5) is 33.8. The smallest absolute Gasteiger partial charge is 0.407 e. The maximum Gasteiger partial charge on any atom is 0.407 e. The second-order valence-electron chi connectivity index (χ2n) is 8.13. The SMILES string of the molecule is CC(=O)OCCCS(=O)(=O)N1CCN(c2cnc(OCC3CCN(C(=O)O)CC3)cn2)CC1. The molecule has 0 aliphatic carbocycles. The Bertz CT molecular complexity index is 896. The van der Waals surface area contributed by atoms with Gasteiger partial charge in [0.1, 0.15) is 5.82 Å². The van der Waals surface area contributed by atoms with E-state index in [9.17, 15) is 18.0 Å². The lowest BCUT2D eigenvalue weighted by Gasteiger charge is -2.34. The lowest BCUT2D eigenvalue weighted by Crippen LogP contribution is -2.49. The Kier molecular flexibility index (Phi) is 8.67. The number of piperazine rings is 1. The highest BCUT2D eigenvalue weighted by Crippen LogP contribution is 2.20. The molecular weight excluding hydrogens is 454 g/mol. The summed E-state index contributed by atoms with van der Waals surface area (Å²) in [6, 6.07) is 0. The van der Waals surface area contributed by atoms with Gasteiger partial charge in [-0.15, -0.1) is 0 Å².